The lowest BCUT2D eigenvalue weighted by molar-refractivity contribution is -0.133. The Morgan fingerprint density at radius 2 is 1.66 bits per heavy atom. The maximum absolute atomic E-state index is 13.8. The van der Waals surface area contributed by atoms with Crippen molar-refractivity contribution in [1.29, 1.82) is 0 Å². The van der Waals surface area contributed by atoms with Crippen molar-refractivity contribution in [3.05, 3.63) is 84.9 Å². The number of hydrogen-bond acceptors (Lipinski definition) is 7. The van der Waals surface area contributed by atoms with Crippen molar-refractivity contribution >= 4 is 78.1 Å². The fraction of sp³-hybridized carbons (Fsp3) is 0.160. The lowest BCUT2D eigenvalue weighted by atomic mass is 10.1. The predicted octanol–water partition coefficient (Wildman–Crippen LogP) is 4.01. The summed E-state index contributed by atoms with van der Waals surface area (Å²) in [6, 6.07) is 14.6. The van der Waals surface area contributed by atoms with Crippen LogP contribution in [0.15, 0.2) is 57.5 Å². The quantitative estimate of drug-likeness (QED) is 0.431. The van der Waals surface area contributed by atoms with Gasteiger partial charge in [-0.3, -0.25) is 9.36 Å². The molecule has 2 N–H and O–H groups in total. The number of carbonyl (C=O) groups is 3. The summed E-state index contributed by atoms with van der Waals surface area (Å²) in [7, 11) is 1.27. The maximum atomic E-state index is 13.8. The van der Waals surface area contributed by atoms with Gasteiger partial charge in [0.15, 0.2) is 5.69 Å². The van der Waals surface area contributed by atoms with E-state index in [4.69, 9.17) is 15.2 Å². The summed E-state index contributed by atoms with van der Waals surface area (Å²) < 4.78 is 13.2. The Bertz CT molecular complexity index is 1450. The Morgan fingerprint density at radius 3 is 2.23 bits per heavy atom. The smallest absolute Gasteiger partial charge is 0.357 e. The second kappa shape index (κ2) is 10.4. The van der Waals surface area contributed by atoms with Crippen LogP contribution in [0.4, 0.5) is 5.69 Å². The molecule has 1 aliphatic rings. The van der Waals surface area contributed by atoms with Crippen LogP contribution >= 0.6 is 43.6 Å². The van der Waals surface area contributed by atoms with Gasteiger partial charge in [0.2, 0.25) is 5.91 Å². The number of esters is 2. The van der Waals surface area contributed by atoms with E-state index < -0.39 is 23.1 Å². The molecular formula is C25H20Br2N2O5S. The second-order valence-corrected chi connectivity index (χ2v) is 10.4. The number of carbonyl (C=O) groups excluding carboxylic acids is 3. The van der Waals surface area contributed by atoms with E-state index in [-0.39, 0.29) is 28.2 Å². The van der Waals surface area contributed by atoms with Gasteiger partial charge >= 0.3 is 11.9 Å². The van der Waals surface area contributed by atoms with Crippen LogP contribution in [0.25, 0.3) is 11.0 Å². The van der Waals surface area contributed by atoms with Crippen LogP contribution in [0.1, 0.15) is 38.6 Å². The van der Waals surface area contributed by atoms with E-state index in [0.29, 0.717) is 10.8 Å². The van der Waals surface area contributed by atoms with Gasteiger partial charge in [0.25, 0.3) is 0 Å². The SMILES string of the molecule is CCOC(=O)c1c(N)/c(=C\c2ccc(Br)cc2)c2n1C(=O)C(c1ccc(Br)cc1)SC=2C(=O)OC. The number of benzene rings is 2. The zero-order valence-corrected chi connectivity index (χ0v) is 22.7. The molecule has 0 aliphatic carbocycles. The number of ether oxygens (including phenoxy) is 2. The average molecular weight is 620 g/mol. The Morgan fingerprint density at radius 1 is 1.06 bits per heavy atom. The summed E-state index contributed by atoms with van der Waals surface area (Å²) in [5, 5.41) is -0.222. The topological polar surface area (TPSA) is 101 Å². The standard InChI is InChI=1S/C25H20Br2N2O5S/c1-3-34-24(31)20-18(28)17(12-13-4-8-15(26)9-5-13)19-22(25(32)33-2)35-21(23(30)29(19)20)14-6-10-16(27)11-7-14/h4-12,21H,3,28H2,1-2H3/b17-12+. The van der Waals surface area contributed by atoms with E-state index in [1.165, 1.54) is 11.7 Å². The molecule has 0 radical (unpaired) electrons. The average Bonchev–Trinajstić information content (AvgIpc) is 3.13. The van der Waals surface area contributed by atoms with Crippen LogP contribution in [0.2, 0.25) is 0 Å². The highest BCUT2D eigenvalue weighted by atomic mass is 79.9. The predicted molar refractivity (Wildman–Crippen MR) is 142 cm³/mol. The molecule has 4 rings (SSSR count). The van der Waals surface area contributed by atoms with Crippen LogP contribution < -0.4 is 16.3 Å². The van der Waals surface area contributed by atoms with Gasteiger partial charge in [-0.15, -0.1) is 0 Å². The van der Waals surface area contributed by atoms with E-state index >= 15 is 0 Å². The number of methoxy groups -OCH3 is 1. The Balaban J connectivity index is 2.08. The minimum atomic E-state index is -0.801. The van der Waals surface area contributed by atoms with Gasteiger partial charge in [-0.1, -0.05) is 67.9 Å². The summed E-state index contributed by atoms with van der Waals surface area (Å²) in [6.07, 6.45) is 1.73. The van der Waals surface area contributed by atoms with Crippen molar-refractivity contribution in [2.75, 3.05) is 19.5 Å². The molecule has 1 aromatic heterocycles. The minimum Gasteiger partial charge on any atom is -0.465 e. The first-order valence-corrected chi connectivity index (χ1v) is 13.0. The summed E-state index contributed by atoms with van der Waals surface area (Å²) >= 11 is 7.87. The molecule has 0 fully saturated rings. The number of halogens is 2. The van der Waals surface area contributed by atoms with Gasteiger partial charge in [0.1, 0.15) is 10.2 Å². The molecule has 2 aromatic carbocycles. The first-order chi connectivity index (χ1) is 16.8. The van der Waals surface area contributed by atoms with Crippen LogP contribution in [0.3, 0.4) is 0 Å². The highest BCUT2D eigenvalue weighted by molar-refractivity contribution is 9.10. The normalized spacial score (nSPS) is 15.7. The number of nitrogens with two attached hydrogens (primary N) is 1. The first-order valence-electron chi connectivity index (χ1n) is 10.5. The molecule has 7 nitrogen and oxygen atoms in total. The van der Waals surface area contributed by atoms with Crippen LogP contribution in [0.5, 0.6) is 0 Å². The summed E-state index contributed by atoms with van der Waals surface area (Å²) in [5.74, 6) is -1.80. The molecule has 0 amide bonds. The number of nitrogen functional groups attached to an aromatic ring is 1. The molecule has 3 aromatic rings. The third-order valence-corrected chi connectivity index (χ3v) is 7.70. The van der Waals surface area contributed by atoms with Crippen molar-refractivity contribution in [2.45, 2.75) is 12.2 Å². The van der Waals surface area contributed by atoms with Gasteiger partial charge in [0.05, 0.1) is 24.8 Å². The van der Waals surface area contributed by atoms with Crippen molar-refractivity contribution < 1.29 is 23.9 Å². The zero-order chi connectivity index (χ0) is 25.3. The van der Waals surface area contributed by atoms with Gasteiger partial charge in [0, 0.05) is 14.2 Å². The third kappa shape index (κ3) is 4.82. The molecule has 180 valence electrons. The maximum Gasteiger partial charge on any atom is 0.357 e. The van der Waals surface area contributed by atoms with E-state index in [9.17, 15) is 14.4 Å². The van der Waals surface area contributed by atoms with Gasteiger partial charge in [-0.05, 0) is 48.4 Å². The molecule has 0 bridgehead atoms. The fourth-order valence-corrected chi connectivity index (χ4v) is 5.51. The molecular weight excluding hydrogens is 600 g/mol. The zero-order valence-electron chi connectivity index (χ0n) is 18.7. The van der Waals surface area contributed by atoms with E-state index in [1.807, 2.05) is 24.3 Å². The highest BCUT2D eigenvalue weighted by Crippen LogP contribution is 2.40. The van der Waals surface area contributed by atoms with Crippen LogP contribution in [0, 0.1) is 0 Å². The van der Waals surface area contributed by atoms with Crippen molar-refractivity contribution in [2.24, 2.45) is 0 Å². The van der Waals surface area contributed by atoms with E-state index in [0.717, 1.165) is 26.3 Å². The molecule has 1 unspecified atom stereocenters. The molecule has 0 saturated carbocycles. The number of rotatable bonds is 5. The molecule has 2 heterocycles. The molecule has 0 spiro atoms. The monoisotopic (exact) mass is 618 g/mol. The van der Waals surface area contributed by atoms with Crippen molar-refractivity contribution in [3.8, 4) is 0 Å². The Hall–Kier alpha value is -2.82. The Kier molecular flexibility index (Phi) is 7.53. The largest absolute Gasteiger partial charge is 0.465 e. The van der Waals surface area contributed by atoms with Crippen LogP contribution in [-0.2, 0) is 14.3 Å². The summed E-state index contributed by atoms with van der Waals surface area (Å²) in [6.45, 7) is 1.76. The Labute approximate surface area is 222 Å². The molecule has 10 heteroatoms. The number of nitrogens with zero attached hydrogens (tertiary/aromatic N) is 1. The third-order valence-electron chi connectivity index (χ3n) is 5.34. The van der Waals surface area contributed by atoms with E-state index in [1.54, 1.807) is 37.3 Å². The number of anilines is 1. The fourth-order valence-electron chi connectivity index (χ4n) is 3.75. The molecule has 1 atom stereocenters. The van der Waals surface area contributed by atoms with Gasteiger partial charge in [-0.2, -0.15) is 0 Å². The number of aromatic nitrogens is 1. The van der Waals surface area contributed by atoms with E-state index in [2.05, 4.69) is 31.9 Å². The number of hydrogen-bond donors (Lipinski definition) is 1. The van der Waals surface area contributed by atoms with Crippen molar-refractivity contribution in [3.63, 3.8) is 0 Å². The highest BCUT2D eigenvalue weighted by Gasteiger charge is 2.38. The summed E-state index contributed by atoms with van der Waals surface area (Å²) in [5.41, 5.74) is 7.83. The van der Waals surface area contributed by atoms with Crippen LogP contribution in [-0.4, -0.2) is 36.1 Å². The molecule has 0 saturated heterocycles. The number of fused-ring (bicyclic) bond motifs is 1. The molecule has 1 aliphatic heterocycles. The molecule has 35 heavy (non-hydrogen) atoms. The number of thioether (sulfide) groups is 1. The van der Waals surface area contributed by atoms with Gasteiger partial charge < -0.3 is 15.2 Å². The van der Waals surface area contributed by atoms with Crippen molar-refractivity contribution in [1.82, 2.24) is 4.57 Å². The van der Waals surface area contributed by atoms with Gasteiger partial charge in [-0.25, -0.2) is 9.59 Å². The first kappa shape index (κ1) is 25.3. The second-order valence-electron chi connectivity index (χ2n) is 7.48. The minimum absolute atomic E-state index is 0.0492. The lowest BCUT2D eigenvalue weighted by Crippen LogP contribution is -2.42. The lowest BCUT2D eigenvalue weighted by Gasteiger charge is -2.23. The summed E-state index contributed by atoms with van der Waals surface area (Å²) in [4.78, 5) is 39.9.